The Kier molecular flexibility index (Phi) is 5.88. The molecule has 1 fully saturated rings. The number of carbonyl (C=O) groups excluding carboxylic acids is 1. The Labute approximate surface area is 180 Å². The zero-order valence-corrected chi connectivity index (χ0v) is 18.1. The van der Waals surface area contributed by atoms with E-state index in [0.717, 1.165) is 0 Å². The molecule has 0 saturated carbocycles. The third kappa shape index (κ3) is 4.67. The van der Waals surface area contributed by atoms with E-state index in [1.807, 2.05) is 23.1 Å². The Morgan fingerprint density at radius 1 is 0.935 bits per heavy atom. The van der Waals surface area contributed by atoms with E-state index in [-0.39, 0.29) is 22.9 Å². The third-order valence-corrected chi connectivity index (χ3v) is 6.37. The van der Waals surface area contributed by atoms with Crippen LogP contribution in [0.3, 0.4) is 0 Å². The summed E-state index contributed by atoms with van der Waals surface area (Å²) in [7, 11) is -3.02. The molecule has 31 heavy (non-hydrogen) atoms. The van der Waals surface area contributed by atoms with Crippen LogP contribution in [0.15, 0.2) is 59.4 Å². The second-order valence-corrected chi connectivity index (χ2v) is 9.97. The van der Waals surface area contributed by atoms with Crippen molar-refractivity contribution in [1.29, 1.82) is 0 Å². The number of nitrogens with zero attached hydrogens (tertiary/aromatic N) is 4. The maximum absolute atomic E-state index is 13.4. The fraction of sp³-hybridized carbons (Fsp3) is 0.318. The number of amides is 1. The van der Waals surface area contributed by atoms with E-state index in [0.29, 0.717) is 49.2 Å². The van der Waals surface area contributed by atoms with E-state index >= 15 is 0 Å². The Morgan fingerprint density at radius 3 is 2.19 bits per heavy atom. The van der Waals surface area contributed by atoms with Gasteiger partial charge < -0.3 is 4.90 Å². The molecule has 1 aliphatic heterocycles. The Balaban J connectivity index is 1.63. The van der Waals surface area contributed by atoms with Crippen LogP contribution in [0.5, 0.6) is 0 Å². The Morgan fingerprint density at radius 2 is 1.55 bits per heavy atom. The molecule has 0 radical (unpaired) electrons. The maximum Gasteiger partial charge on any atom is 0.279 e. The van der Waals surface area contributed by atoms with Crippen LogP contribution in [-0.2, 0) is 9.84 Å². The normalized spacial score (nSPS) is 15.3. The third-order valence-electron chi connectivity index (χ3n) is 5.45. The molecule has 1 saturated heterocycles. The lowest BCUT2D eigenvalue weighted by Gasteiger charge is -2.34. The van der Waals surface area contributed by atoms with Crippen LogP contribution in [0.1, 0.15) is 10.5 Å². The number of rotatable bonds is 5. The second-order valence-electron chi connectivity index (χ2n) is 7.71. The molecule has 2 aromatic carbocycles. The number of hydrogen-bond donors (Lipinski definition) is 0. The first-order valence-corrected chi connectivity index (χ1v) is 12.2. The molecule has 9 heteroatoms. The summed E-state index contributed by atoms with van der Waals surface area (Å²) in [5.74, 6) is -0.126. The number of aromatic nitrogens is 2. The topological polar surface area (TPSA) is 92.6 Å². The van der Waals surface area contributed by atoms with E-state index in [1.54, 1.807) is 41.3 Å². The van der Waals surface area contributed by atoms with Gasteiger partial charge in [0.05, 0.1) is 16.8 Å². The second kappa shape index (κ2) is 8.60. The molecule has 162 valence electrons. The van der Waals surface area contributed by atoms with Crippen LogP contribution in [-0.4, -0.2) is 78.6 Å². The minimum atomic E-state index is -3.02. The summed E-state index contributed by atoms with van der Waals surface area (Å²) < 4.78 is 24.1. The van der Waals surface area contributed by atoms with Gasteiger partial charge in [-0.3, -0.25) is 14.5 Å². The van der Waals surface area contributed by atoms with Crippen molar-refractivity contribution < 1.29 is 13.2 Å². The van der Waals surface area contributed by atoms with Crippen molar-refractivity contribution in [1.82, 2.24) is 19.6 Å². The summed E-state index contributed by atoms with van der Waals surface area (Å²) in [4.78, 5) is 30.1. The standard InChI is InChI=1S/C22H24N4O4S/c1-31(29,30)16-15-24-11-13-25(14-12-24)22(28)20-18-9-5-6-10-19(18)21(27)26(23-20)17-7-3-2-4-8-17/h2-10H,11-16H2,1H3. The number of sulfone groups is 1. The van der Waals surface area contributed by atoms with Gasteiger partial charge in [0.2, 0.25) is 0 Å². The van der Waals surface area contributed by atoms with Gasteiger partial charge in [-0.15, -0.1) is 0 Å². The van der Waals surface area contributed by atoms with Crippen molar-refractivity contribution >= 4 is 26.5 Å². The van der Waals surface area contributed by atoms with E-state index in [1.165, 1.54) is 10.9 Å². The lowest BCUT2D eigenvalue weighted by Crippen LogP contribution is -2.50. The van der Waals surface area contributed by atoms with Crippen molar-refractivity contribution in [3.63, 3.8) is 0 Å². The van der Waals surface area contributed by atoms with Gasteiger partial charge in [0, 0.05) is 44.4 Å². The average molecular weight is 441 g/mol. The SMILES string of the molecule is CS(=O)(=O)CCN1CCN(C(=O)c2nn(-c3ccccc3)c(=O)c3ccccc23)CC1. The zero-order valence-electron chi connectivity index (χ0n) is 17.3. The molecule has 0 unspecified atom stereocenters. The first kappa shape index (κ1) is 21.2. The lowest BCUT2D eigenvalue weighted by atomic mass is 10.1. The van der Waals surface area contributed by atoms with Gasteiger partial charge in [-0.1, -0.05) is 36.4 Å². The molecule has 0 aliphatic carbocycles. The molecule has 4 rings (SSSR count). The highest BCUT2D eigenvalue weighted by atomic mass is 32.2. The highest BCUT2D eigenvalue weighted by Gasteiger charge is 2.26. The number of carbonyl (C=O) groups is 1. The maximum atomic E-state index is 13.4. The monoisotopic (exact) mass is 440 g/mol. The largest absolute Gasteiger partial charge is 0.335 e. The molecule has 1 aromatic heterocycles. The van der Waals surface area contributed by atoms with Gasteiger partial charge in [-0.2, -0.15) is 9.78 Å². The van der Waals surface area contributed by atoms with Crippen LogP contribution in [0.4, 0.5) is 0 Å². The molecular weight excluding hydrogens is 416 g/mol. The van der Waals surface area contributed by atoms with Crippen molar-refractivity contribution in [2.45, 2.75) is 0 Å². The predicted octanol–water partition coefficient (Wildman–Crippen LogP) is 1.19. The fourth-order valence-corrected chi connectivity index (χ4v) is 4.30. The lowest BCUT2D eigenvalue weighted by molar-refractivity contribution is 0.0638. The summed E-state index contributed by atoms with van der Waals surface area (Å²) in [6.45, 7) is 2.60. The number of fused-ring (bicyclic) bond motifs is 1. The molecule has 1 aliphatic rings. The molecular formula is C22H24N4O4S. The van der Waals surface area contributed by atoms with Crippen molar-refractivity contribution in [3.05, 3.63) is 70.6 Å². The van der Waals surface area contributed by atoms with E-state index in [4.69, 9.17) is 0 Å². The number of para-hydroxylation sites is 1. The molecule has 2 heterocycles. The van der Waals surface area contributed by atoms with Crippen LogP contribution in [0, 0.1) is 0 Å². The van der Waals surface area contributed by atoms with Gasteiger partial charge in [-0.25, -0.2) is 8.42 Å². The van der Waals surface area contributed by atoms with Crippen LogP contribution >= 0.6 is 0 Å². The van der Waals surface area contributed by atoms with Crippen molar-refractivity contribution in [3.8, 4) is 5.69 Å². The van der Waals surface area contributed by atoms with Crippen LogP contribution in [0.2, 0.25) is 0 Å². The summed E-state index contributed by atoms with van der Waals surface area (Å²) in [6, 6.07) is 16.0. The fourth-order valence-electron chi connectivity index (χ4n) is 3.71. The minimum Gasteiger partial charge on any atom is -0.335 e. The molecule has 8 nitrogen and oxygen atoms in total. The summed E-state index contributed by atoms with van der Waals surface area (Å²) in [5.41, 5.74) is 0.561. The Bertz CT molecular complexity index is 1260. The van der Waals surface area contributed by atoms with Gasteiger partial charge in [-0.05, 0) is 18.2 Å². The minimum absolute atomic E-state index is 0.106. The first-order valence-electron chi connectivity index (χ1n) is 10.1. The van der Waals surface area contributed by atoms with Crippen molar-refractivity contribution in [2.24, 2.45) is 0 Å². The molecule has 1 amide bonds. The van der Waals surface area contributed by atoms with Crippen molar-refractivity contribution in [2.75, 3.05) is 44.7 Å². The van der Waals surface area contributed by atoms with Gasteiger partial charge in [0.15, 0.2) is 5.69 Å². The number of hydrogen-bond acceptors (Lipinski definition) is 6. The van der Waals surface area contributed by atoms with E-state index in [2.05, 4.69) is 5.10 Å². The average Bonchev–Trinajstić information content (AvgIpc) is 2.78. The van der Waals surface area contributed by atoms with Gasteiger partial charge >= 0.3 is 0 Å². The summed E-state index contributed by atoms with van der Waals surface area (Å²) in [6.07, 6.45) is 1.23. The highest BCUT2D eigenvalue weighted by molar-refractivity contribution is 7.90. The first-order chi connectivity index (χ1) is 14.8. The smallest absolute Gasteiger partial charge is 0.279 e. The zero-order chi connectivity index (χ0) is 22.0. The van der Waals surface area contributed by atoms with Crippen LogP contribution in [0.25, 0.3) is 16.5 Å². The molecule has 0 bridgehead atoms. The summed E-state index contributed by atoms with van der Waals surface area (Å²) >= 11 is 0. The van der Waals surface area contributed by atoms with E-state index in [9.17, 15) is 18.0 Å². The molecule has 0 atom stereocenters. The molecule has 0 spiro atoms. The summed E-state index contributed by atoms with van der Waals surface area (Å²) in [5, 5.41) is 5.43. The number of benzene rings is 2. The van der Waals surface area contributed by atoms with E-state index < -0.39 is 9.84 Å². The Hall–Kier alpha value is -3.04. The molecule has 3 aromatic rings. The quantitative estimate of drug-likeness (QED) is 0.592. The van der Waals surface area contributed by atoms with Gasteiger partial charge in [0.25, 0.3) is 11.5 Å². The highest BCUT2D eigenvalue weighted by Crippen LogP contribution is 2.18. The van der Waals surface area contributed by atoms with Gasteiger partial charge in [0.1, 0.15) is 9.84 Å². The number of piperazine rings is 1. The molecule has 0 N–H and O–H groups in total. The predicted molar refractivity (Wildman–Crippen MR) is 119 cm³/mol. The van der Waals surface area contributed by atoms with Crippen LogP contribution < -0.4 is 5.56 Å².